The molecular formula is C25H24N2O3S. The molecule has 1 N–H and O–H groups in total. The van der Waals surface area contributed by atoms with Gasteiger partial charge in [0.2, 0.25) is 0 Å². The van der Waals surface area contributed by atoms with Crippen LogP contribution in [0.3, 0.4) is 0 Å². The molecule has 2 aromatic carbocycles. The molecule has 5 nitrogen and oxygen atoms in total. The van der Waals surface area contributed by atoms with Gasteiger partial charge in [0.25, 0.3) is 0 Å². The van der Waals surface area contributed by atoms with E-state index in [1.807, 2.05) is 36.6 Å². The molecule has 0 spiro atoms. The van der Waals surface area contributed by atoms with Crippen molar-refractivity contribution in [2.75, 3.05) is 7.11 Å². The fraction of sp³-hybridized carbons (Fsp3) is 0.200. The largest absolute Gasteiger partial charge is 0.497 e. The van der Waals surface area contributed by atoms with Crippen LogP contribution >= 0.6 is 11.3 Å². The summed E-state index contributed by atoms with van der Waals surface area (Å²) in [6.07, 6.45) is 0.817. The molecule has 2 heterocycles. The smallest absolute Gasteiger partial charge is 0.337 e. The van der Waals surface area contributed by atoms with Gasteiger partial charge in [0.05, 0.1) is 24.1 Å². The molecule has 4 aromatic rings. The van der Waals surface area contributed by atoms with Crippen LogP contribution in [0.1, 0.15) is 27.2 Å². The van der Waals surface area contributed by atoms with Gasteiger partial charge in [-0.1, -0.05) is 29.8 Å². The number of aromatic nitrogens is 2. The average molecular weight is 433 g/mol. The van der Waals surface area contributed by atoms with E-state index in [0.29, 0.717) is 12.1 Å². The van der Waals surface area contributed by atoms with Crippen molar-refractivity contribution in [3.8, 4) is 27.7 Å². The van der Waals surface area contributed by atoms with E-state index in [-0.39, 0.29) is 0 Å². The van der Waals surface area contributed by atoms with Crippen molar-refractivity contribution in [2.24, 2.45) is 0 Å². The SMILES string of the molecule is COc1ccc(-c2nc(-c3cc(C(=O)O)c(C)n3CCc3ccc(C)cc3)cs2)cc1. The molecule has 0 amide bonds. The molecule has 158 valence electrons. The number of benzene rings is 2. The minimum Gasteiger partial charge on any atom is -0.497 e. The number of ether oxygens (including phenoxy) is 1. The Hall–Kier alpha value is -3.38. The Morgan fingerprint density at radius 3 is 2.45 bits per heavy atom. The molecule has 0 aliphatic rings. The van der Waals surface area contributed by atoms with Crippen molar-refractivity contribution in [1.82, 2.24) is 9.55 Å². The molecule has 6 heteroatoms. The summed E-state index contributed by atoms with van der Waals surface area (Å²) in [5, 5.41) is 12.5. The molecule has 0 radical (unpaired) electrons. The zero-order valence-corrected chi connectivity index (χ0v) is 18.6. The quantitative estimate of drug-likeness (QED) is 0.398. The van der Waals surface area contributed by atoms with Gasteiger partial charge in [0, 0.05) is 23.2 Å². The van der Waals surface area contributed by atoms with Gasteiger partial charge in [0.1, 0.15) is 10.8 Å². The molecule has 4 rings (SSSR count). The van der Waals surface area contributed by atoms with Gasteiger partial charge in [-0.2, -0.15) is 0 Å². The van der Waals surface area contributed by atoms with E-state index in [1.54, 1.807) is 24.5 Å². The van der Waals surface area contributed by atoms with Crippen LogP contribution in [0.4, 0.5) is 0 Å². The van der Waals surface area contributed by atoms with Crippen molar-refractivity contribution in [3.05, 3.63) is 82.4 Å². The monoisotopic (exact) mass is 432 g/mol. The minimum absolute atomic E-state index is 0.318. The molecule has 0 unspecified atom stereocenters. The predicted octanol–water partition coefficient (Wildman–Crippen LogP) is 5.84. The Kier molecular flexibility index (Phi) is 5.91. The highest BCUT2D eigenvalue weighted by atomic mass is 32.1. The molecule has 0 aliphatic heterocycles. The van der Waals surface area contributed by atoms with Gasteiger partial charge in [-0.3, -0.25) is 0 Å². The number of hydrogen-bond donors (Lipinski definition) is 1. The first-order chi connectivity index (χ1) is 15.0. The van der Waals surface area contributed by atoms with E-state index in [1.165, 1.54) is 11.1 Å². The third-order valence-electron chi connectivity index (χ3n) is 5.45. The summed E-state index contributed by atoms with van der Waals surface area (Å²) in [5.41, 5.74) is 6.13. The summed E-state index contributed by atoms with van der Waals surface area (Å²) in [6, 6.07) is 18.0. The lowest BCUT2D eigenvalue weighted by molar-refractivity contribution is 0.0696. The normalized spacial score (nSPS) is 10.9. The molecule has 0 atom stereocenters. The number of nitrogens with zero attached hydrogens (tertiary/aromatic N) is 2. The Bertz CT molecular complexity index is 1200. The van der Waals surface area contributed by atoms with Crippen molar-refractivity contribution >= 4 is 17.3 Å². The summed E-state index contributed by atoms with van der Waals surface area (Å²) in [6.45, 7) is 4.62. The van der Waals surface area contributed by atoms with Crippen LogP contribution in [0.15, 0.2) is 60.0 Å². The highest BCUT2D eigenvalue weighted by Gasteiger charge is 2.20. The Morgan fingerprint density at radius 2 is 1.81 bits per heavy atom. The third-order valence-corrected chi connectivity index (χ3v) is 6.34. The zero-order chi connectivity index (χ0) is 22.0. The molecule has 0 saturated heterocycles. The second-order valence-corrected chi connectivity index (χ2v) is 8.35. The number of aryl methyl sites for hydroxylation is 2. The maximum atomic E-state index is 11.8. The van der Waals surface area contributed by atoms with E-state index in [4.69, 9.17) is 9.72 Å². The van der Waals surface area contributed by atoms with Crippen LogP contribution in [0.25, 0.3) is 22.0 Å². The summed E-state index contributed by atoms with van der Waals surface area (Å²) < 4.78 is 7.29. The minimum atomic E-state index is -0.918. The first-order valence-corrected chi connectivity index (χ1v) is 10.9. The first kappa shape index (κ1) is 20.9. The van der Waals surface area contributed by atoms with Crippen LogP contribution in [-0.2, 0) is 13.0 Å². The van der Waals surface area contributed by atoms with E-state index < -0.39 is 5.97 Å². The molecule has 0 bridgehead atoms. The molecule has 31 heavy (non-hydrogen) atoms. The van der Waals surface area contributed by atoms with Crippen molar-refractivity contribution < 1.29 is 14.6 Å². The maximum Gasteiger partial charge on any atom is 0.337 e. The van der Waals surface area contributed by atoms with Crippen LogP contribution in [0, 0.1) is 13.8 Å². The number of thiazole rings is 1. The van der Waals surface area contributed by atoms with Crippen LogP contribution in [0.5, 0.6) is 5.75 Å². The Labute approximate surface area is 185 Å². The van der Waals surface area contributed by atoms with Gasteiger partial charge in [-0.15, -0.1) is 11.3 Å². The summed E-state index contributed by atoms with van der Waals surface area (Å²) in [7, 11) is 1.64. The summed E-state index contributed by atoms with van der Waals surface area (Å²) in [4.78, 5) is 16.6. The van der Waals surface area contributed by atoms with E-state index in [9.17, 15) is 9.90 Å². The first-order valence-electron chi connectivity index (χ1n) is 10.1. The molecule has 2 aromatic heterocycles. The van der Waals surface area contributed by atoms with Crippen molar-refractivity contribution in [1.29, 1.82) is 0 Å². The van der Waals surface area contributed by atoms with Gasteiger partial charge in [-0.25, -0.2) is 9.78 Å². The second kappa shape index (κ2) is 8.78. The van der Waals surface area contributed by atoms with E-state index in [0.717, 1.165) is 39.8 Å². The predicted molar refractivity (Wildman–Crippen MR) is 124 cm³/mol. The number of hydrogen-bond acceptors (Lipinski definition) is 4. The Morgan fingerprint density at radius 1 is 1.10 bits per heavy atom. The van der Waals surface area contributed by atoms with Gasteiger partial charge in [0.15, 0.2) is 0 Å². The second-order valence-electron chi connectivity index (χ2n) is 7.49. The van der Waals surface area contributed by atoms with Gasteiger partial charge >= 0.3 is 5.97 Å². The van der Waals surface area contributed by atoms with Crippen LogP contribution < -0.4 is 4.74 Å². The van der Waals surface area contributed by atoms with Gasteiger partial charge in [-0.05, 0) is 56.2 Å². The van der Waals surface area contributed by atoms with Crippen LogP contribution in [0.2, 0.25) is 0 Å². The Balaban J connectivity index is 1.67. The number of rotatable bonds is 7. The molecule has 0 saturated carbocycles. The lowest BCUT2D eigenvalue weighted by Crippen LogP contribution is -2.07. The molecular weight excluding hydrogens is 408 g/mol. The van der Waals surface area contributed by atoms with Crippen LogP contribution in [-0.4, -0.2) is 27.7 Å². The third kappa shape index (κ3) is 4.39. The van der Waals surface area contributed by atoms with Crippen molar-refractivity contribution in [2.45, 2.75) is 26.8 Å². The molecule has 0 fully saturated rings. The fourth-order valence-electron chi connectivity index (χ4n) is 3.62. The lowest BCUT2D eigenvalue weighted by atomic mass is 10.1. The number of carbonyl (C=O) groups is 1. The number of aromatic carboxylic acids is 1. The number of carboxylic acids is 1. The van der Waals surface area contributed by atoms with E-state index >= 15 is 0 Å². The summed E-state index contributed by atoms with van der Waals surface area (Å²) in [5.74, 6) is -0.120. The average Bonchev–Trinajstić information content (AvgIpc) is 3.38. The molecule has 0 aliphatic carbocycles. The topological polar surface area (TPSA) is 64.3 Å². The zero-order valence-electron chi connectivity index (χ0n) is 17.8. The lowest BCUT2D eigenvalue weighted by Gasteiger charge is -2.11. The highest BCUT2D eigenvalue weighted by molar-refractivity contribution is 7.13. The highest BCUT2D eigenvalue weighted by Crippen LogP contribution is 2.32. The maximum absolute atomic E-state index is 11.8. The fourth-order valence-corrected chi connectivity index (χ4v) is 4.44. The van der Waals surface area contributed by atoms with E-state index in [2.05, 4.69) is 35.8 Å². The van der Waals surface area contributed by atoms with Gasteiger partial charge < -0.3 is 14.4 Å². The number of carboxylic acid groups (broad SMARTS) is 1. The van der Waals surface area contributed by atoms with Crippen molar-refractivity contribution in [3.63, 3.8) is 0 Å². The standard InChI is InChI=1S/C25H24N2O3S/c1-16-4-6-18(7-5-16)12-13-27-17(2)21(25(28)29)14-23(27)22-15-31-24(26-22)19-8-10-20(30-3)11-9-19/h4-11,14-15H,12-13H2,1-3H3,(H,28,29). The summed E-state index contributed by atoms with van der Waals surface area (Å²) >= 11 is 1.55. The number of methoxy groups -OCH3 is 1.